The van der Waals surface area contributed by atoms with Gasteiger partial charge < -0.3 is 10.2 Å². The van der Waals surface area contributed by atoms with E-state index in [1.807, 2.05) is 38.1 Å². The molecule has 146 valence electrons. The predicted octanol–water partition coefficient (Wildman–Crippen LogP) is 2.85. The highest BCUT2D eigenvalue weighted by atomic mass is 16.2. The summed E-state index contributed by atoms with van der Waals surface area (Å²) in [5.74, 6) is -0.00316. The Morgan fingerprint density at radius 2 is 1.93 bits per heavy atom. The van der Waals surface area contributed by atoms with Gasteiger partial charge in [-0.05, 0) is 37.3 Å². The topological polar surface area (TPSA) is 69.7 Å². The van der Waals surface area contributed by atoms with E-state index >= 15 is 0 Å². The zero-order valence-corrected chi connectivity index (χ0v) is 16.2. The fraction of sp³-hybridized carbons (Fsp3) is 0.571. The molecule has 2 atom stereocenters. The highest BCUT2D eigenvalue weighted by molar-refractivity contribution is 6.04. The molecule has 0 radical (unpaired) electrons. The molecule has 0 aliphatic carbocycles. The number of amides is 4. The van der Waals surface area contributed by atoms with Gasteiger partial charge in [-0.2, -0.15) is 0 Å². The van der Waals surface area contributed by atoms with Gasteiger partial charge in [-0.25, -0.2) is 4.79 Å². The quantitative estimate of drug-likeness (QED) is 0.564. The third-order valence-electron chi connectivity index (χ3n) is 5.58. The average molecular weight is 371 g/mol. The Bertz CT molecular complexity index is 675. The number of hydrogen-bond donors (Lipinski definition) is 1. The van der Waals surface area contributed by atoms with E-state index in [1.165, 1.54) is 4.90 Å². The first-order valence-corrected chi connectivity index (χ1v) is 9.99. The van der Waals surface area contributed by atoms with Gasteiger partial charge in [-0.3, -0.25) is 14.5 Å². The van der Waals surface area contributed by atoms with Gasteiger partial charge in [0.15, 0.2) is 0 Å². The lowest BCUT2D eigenvalue weighted by Crippen LogP contribution is -2.39. The maximum absolute atomic E-state index is 12.7. The predicted molar refractivity (Wildman–Crippen MR) is 103 cm³/mol. The van der Waals surface area contributed by atoms with Gasteiger partial charge in [0.2, 0.25) is 5.91 Å². The van der Waals surface area contributed by atoms with Crippen LogP contribution in [0.25, 0.3) is 0 Å². The minimum Gasteiger partial charge on any atom is -0.354 e. The number of unbranched alkanes of at least 4 members (excludes halogenated alkanes) is 2. The molecule has 0 saturated carbocycles. The van der Waals surface area contributed by atoms with Crippen LogP contribution in [0.2, 0.25) is 0 Å². The summed E-state index contributed by atoms with van der Waals surface area (Å²) in [4.78, 5) is 40.2. The van der Waals surface area contributed by atoms with Crippen LogP contribution in [-0.2, 0) is 22.6 Å². The number of carbonyl (C=O) groups excluding carboxylic acids is 3. The second-order valence-electron chi connectivity index (χ2n) is 7.58. The Hall–Kier alpha value is -2.37. The van der Waals surface area contributed by atoms with Gasteiger partial charge in [0, 0.05) is 32.0 Å². The van der Waals surface area contributed by atoms with E-state index in [1.54, 1.807) is 4.90 Å². The van der Waals surface area contributed by atoms with Crippen LogP contribution in [-0.4, -0.2) is 46.3 Å². The first-order chi connectivity index (χ1) is 13.0. The third-order valence-corrected chi connectivity index (χ3v) is 5.58. The Morgan fingerprint density at radius 3 is 2.67 bits per heavy atom. The van der Waals surface area contributed by atoms with E-state index in [2.05, 4.69) is 5.32 Å². The molecular formula is C21H29N3O3. The number of imide groups is 1. The van der Waals surface area contributed by atoms with Crippen molar-refractivity contribution in [2.75, 3.05) is 6.54 Å². The SMILES string of the molecule is CCC(C)NC(=O)CCCCCN1C(=O)C2Cc3ccccc3CN2C1=O. The first-order valence-electron chi connectivity index (χ1n) is 9.99. The van der Waals surface area contributed by atoms with Crippen molar-refractivity contribution in [1.82, 2.24) is 15.1 Å². The van der Waals surface area contributed by atoms with Crippen molar-refractivity contribution in [3.8, 4) is 0 Å². The Morgan fingerprint density at radius 1 is 1.19 bits per heavy atom. The summed E-state index contributed by atoms with van der Waals surface area (Å²) in [5, 5.41) is 2.95. The molecule has 1 N–H and O–H groups in total. The van der Waals surface area contributed by atoms with Crippen LogP contribution in [0, 0.1) is 0 Å². The van der Waals surface area contributed by atoms with Crippen molar-refractivity contribution < 1.29 is 14.4 Å². The summed E-state index contributed by atoms with van der Waals surface area (Å²) in [6, 6.07) is 7.69. The van der Waals surface area contributed by atoms with E-state index in [9.17, 15) is 14.4 Å². The molecule has 0 bridgehead atoms. The lowest BCUT2D eigenvalue weighted by Gasteiger charge is -2.28. The van der Waals surface area contributed by atoms with Gasteiger partial charge in [0.1, 0.15) is 6.04 Å². The minimum atomic E-state index is -0.353. The molecule has 0 aromatic heterocycles. The summed E-state index contributed by atoms with van der Waals surface area (Å²) >= 11 is 0. The summed E-state index contributed by atoms with van der Waals surface area (Å²) < 4.78 is 0. The molecule has 27 heavy (non-hydrogen) atoms. The van der Waals surface area contributed by atoms with Crippen LogP contribution in [0.1, 0.15) is 57.1 Å². The van der Waals surface area contributed by atoms with E-state index in [0.717, 1.165) is 36.8 Å². The van der Waals surface area contributed by atoms with Crippen LogP contribution in [0.15, 0.2) is 24.3 Å². The average Bonchev–Trinajstić information content (AvgIpc) is 2.90. The molecule has 1 fully saturated rings. The standard InChI is InChI=1S/C21H29N3O3/c1-3-15(2)22-19(25)11-5-4-8-12-23-20(26)18-13-16-9-6-7-10-17(16)14-24(18)21(23)27/h6-7,9-10,15,18H,3-5,8,11-14H2,1-2H3,(H,22,25). The molecule has 1 saturated heterocycles. The van der Waals surface area contributed by atoms with E-state index in [0.29, 0.717) is 25.9 Å². The first kappa shape index (κ1) is 19.4. The zero-order valence-electron chi connectivity index (χ0n) is 16.2. The van der Waals surface area contributed by atoms with Crippen molar-refractivity contribution in [2.24, 2.45) is 0 Å². The molecule has 2 heterocycles. The monoisotopic (exact) mass is 371 g/mol. The normalized spacial score (nSPS) is 19.7. The number of urea groups is 1. The van der Waals surface area contributed by atoms with Crippen molar-refractivity contribution in [3.63, 3.8) is 0 Å². The number of benzene rings is 1. The van der Waals surface area contributed by atoms with Crippen LogP contribution in [0.4, 0.5) is 4.79 Å². The highest BCUT2D eigenvalue weighted by Gasteiger charge is 2.46. The zero-order chi connectivity index (χ0) is 19.4. The van der Waals surface area contributed by atoms with Crippen LogP contribution in [0.5, 0.6) is 0 Å². The third kappa shape index (κ3) is 4.31. The minimum absolute atomic E-state index is 0.0765. The van der Waals surface area contributed by atoms with E-state index in [4.69, 9.17) is 0 Å². The number of fused-ring (bicyclic) bond motifs is 2. The largest absolute Gasteiger partial charge is 0.354 e. The van der Waals surface area contributed by atoms with Gasteiger partial charge >= 0.3 is 6.03 Å². The van der Waals surface area contributed by atoms with E-state index < -0.39 is 0 Å². The molecule has 2 aliphatic heterocycles. The number of nitrogens with one attached hydrogen (secondary N) is 1. The smallest absolute Gasteiger partial charge is 0.327 e. The maximum atomic E-state index is 12.7. The number of carbonyl (C=O) groups is 3. The van der Waals surface area contributed by atoms with Gasteiger partial charge in [-0.15, -0.1) is 0 Å². The number of nitrogens with zero attached hydrogens (tertiary/aromatic N) is 2. The molecule has 0 spiro atoms. The molecule has 4 amide bonds. The van der Waals surface area contributed by atoms with Crippen molar-refractivity contribution in [3.05, 3.63) is 35.4 Å². The Balaban J connectivity index is 1.45. The van der Waals surface area contributed by atoms with Crippen molar-refractivity contribution in [2.45, 2.75) is 71.0 Å². The van der Waals surface area contributed by atoms with Gasteiger partial charge in [0.25, 0.3) is 5.91 Å². The lowest BCUT2D eigenvalue weighted by molar-refractivity contribution is -0.128. The molecule has 2 unspecified atom stereocenters. The number of hydrogen-bond acceptors (Lipinski definition) is 3. The van der Waals surface area contributed by atoms with Crippen LogP contribution < -0.4 is 5.32 Å². The summed E-state index contributed by atoms with van der Waals surface area (Å²) in [7, 11) is 0. The van der Waals surface area contributed by atoms with Crippen molar-refractivity contribution in [1.29, 1.82) is 0 Å². The summed E-state index contributed by atoms with van der Waals surface area (Å²) in [6.45, 7) is 4.99. The lowest BCUT2D eigenvalue weighted by atomic mass is 9.95. The molecular weight excluding hydrogens is 342 g/mol. The van der Waals surface area contributed by atoms with Gasteiger partial charge in [-0.1, -0.05) is 37.6 Å². The maximum Gasteiger partial charge on any atom is 0.327 e. The van der Waals surface area contributed by atoms with Crippen LogP contribution >= 0.6 is 0 Å². The Kier molecular flexibility index (Phi) is 6.14. The fourth-order valence-corrected chi connectivity index (χ4v) is 3.76. The number of rotatable bonds is 8. The molecule has 1 aromatic carbocycles. The second-order valence-corrected chi connectivity index (χ2v) is 7.58. The molecule has 2 aliphatic rings. The fourth-order valence-electron chi connectivity index (χ4n) is 3.76. The van der Waals surface area contributed by atoms with Crippen LogP contribution in [0.3, 0.4) is 0 Å². The molecule has 6 heteroatoms. The van der Waals surface area contributed by atoms with Gasteiger partial charge in [0.05, 0.1) is 0 Å². The van der Waals surface area contributed by atoms with E-state index in [-0.39, 0.29) is 29.9 Å². The second kappa shape index (κ2) is 8.55. The van der Waals surface area contributed by atoms with Crippen molar-refractivity contribution >= 4 is 17.8 Å². The summed E-state index contributed by atoms with van der Waals surface area (Å²) in [6.07, 6.45) is 4.37. The molecule has 3 rings (SSSR count). The Labute approximate surface area is 160 Å². The molecule has 1 aromatic rings. The highest BCUT2D eigenvalue weighted by Crippen LogP contribution is 2.30. The summed E-state index contributed by atoms with van der Waals surface area (Å²) in [5.41, 5.74) is 2.29. The molecule has 6 nitrogen and oxygen atoms in total.